The number of nitrogens with one attached hydrogen (secondary N) is 2. The summed E-state index contributed by atoms with van der Waals surface area (Å²) in [5.74, 6) is 1.84. The Labute approximate surface area is 160 Å². The molecule has 0 radical (unpaired) electrons. The third-order valence-corrected chi connectivity index (χ3v) is 4.44. The second kappa shape index (κ2) is 11.4. The van der Waals surface area contributed by atoms with E-state index in [1.54, 1.807) is 12.5 Å². The van der Waals surface area contributed by atoms with Gasteiger partial charge in [-0.3, -0.25) is 14.6 Å². The number of rotatable bonds is 10. The number of nitrogens with zero attached hydrogens (tertiary/aromatic N) is 4. The quantitative estimate of drug-likeness (QED) is 0.367. The van der Waals surface area contributed by atoms with Gasteiger partial charge in [0.1, 0.15) is 5.76 Å². The molecular weight excluding hydrogens is 344 g/mol. The first-order valence-corrected chi connectivity index (χ1v) is 9.72. The topological polar surface area (TPSA) is 79.8 Å². The molecule has 0 unspecified atom stereocenters. The number of morpholine rings is 1. The van der Waals surface area contributed by atoms with Gasteiger partial charge in [-0.15, -0.1) is 0 Å². The van der Waals surface area contributed by atoms with Crippen LogP contribution in [0.3, 0.4) is 0 Å². The number of guanidine groups is 1. The van der Waals surface area contributed by atoms with Gasteiger partial charge in [0.05, 0.1) is 19.5 Å². The van der Waals surface area contributed by atoms with Gasteiger partial charge in [0.2, 0.25) is 0 Å². The summed E-state index contributed by atoms with van der Waals surface area (Å²) < 4.78 is 12.7. The van der Waals surface area contributed by atoms with Crippen molar-refractivity contribution in [2.24, 2.45) is 4.99 Å². The minimum atomic E-state index is 0.757. The lowest BCUT2D eigenvalue weighted by molar-refractivity contribution is 0.0389. The Morgan fingerprint density at radius 2 is 2.04 bits per heavy atom. The predicted octanol–water partition coefficient (Wildman–Crippen LogP) is 0.976. The lowest BCUT2D eigenvalue weighted by Gasteiger charge is -2.26. The van der Waals surface area contributed by atoms with Crippen LogP contribution >= 0.6 is 0 Å². The van der Waals surface area contributed by atoms with Crippen molar-refractivity contribution in [3.05, 3.63) is 42.6 Å². The first-order valence-electron chi connectivity index (χ1n) is 9.72. The van der Waals surface area contributed by atoms with Crippen molar-refractivity contribution in [1.82, 2.24) is 25.3 Å². The van der Waals surface area contributed by atoms with Crippen LogP contribution in [0.5, 0.6) is 0 Å². The summed E-state index contributed by atoms with van der Waals surface area (Å²) in [6.07, 6.45) is 7.28. The van der Waals surface area contributed by atoms with E-state index in [0.717, 1.165) is 83.6 Å². The standard InChI is InChI=1S/C19H30N6O2/c1-4-18(27-15-1)5-8-21-19(20-6-2-10-25-11-3-7-23-25)22-9-12-24-13-16-26-17-14-24/h1,3-4,7,11,15H,2,5-6,8-10,12-14,16-17H2,(H2,20,21,22). The third-order valence-electron chi connectivity index (χ3n) is 4.44. The van der Waals surface area contributed by atoms with Crippen LogP contribution in [0.1, 0.15) is 12.2 Å². The molecule has 0 amide bonds. The number of hydrogen-bond donors (Lipinski definition) is 2. The number of aliphatic imine (C=N–C) groups is 1. The molecule has 0 aromatic carbocycles. The molecule has 27 heavy (non-hydrogen) atoms. The summed E-state index contributed by atoms with van der Waals surface area (Å²) in [4.78, 5) is 7.12. The van der Waals surface area contributed by atoms with Crippen LogP contribution in [0.25, 0.3) is 0 Å². The third kappa shape index (κ3) is 7.44. The molecule has 2 aromatic heterocycles. The van der Waals surface area contributed by atoms with E-state index in [0.29, 0.717) is 0 Å². The van der Waals surface area contributed by atoms with Crippen LogP contribution in [0, 0.1) is 0 Å². The molecule has 2 N–H and O–H groups in total. The molecule has 3 rings (SSSR count). The van der Waals surface area contributed by atoms with E-state index in [1.807, 2.05) is 29.1 Å². The van der Waals surface area contributed by atoms with E-state index in [1.165, 1.54) is 0 Å². The Kier molecular flexibility index (Phi) is 8.21. The minimum absolute atomic E-state index is 0.757. The number of furan rings is 1. The van der Waals surface area contributed by atoms with E-state index in [2.05, 4.69) is 20.6 Å². The molecular formula is C19H30N6O2. The van der Waals surface area contributed by atoms with Gasteiger partial charge >= 0.3 is 0 Å². The molecule has 0 aliphatic carbocycles. The van der Waals surface area contributed by atoms with Crippen molar-refractivity contribution in [3.63, 3.8) is 0 Å². The summed E-state index contributed by atoms with van der Waals surface area (Å²) in [6, 6.07) is 5.85. The van der Waals surface area contributed by atoms with Crippen molar-refractivity contribution in [3.8, 4) is 0 Å². The van der Waals surface area contributed by atoms with Gasteiger partial charge in [0, 0.05) is 64.6 Å². The van der Waals surface area contributed by atoms with Gasteiger partial charge in [0.15, 0.2) is 5.96 Å². The summed E-state index contributed by atoms with van der Waals surface area (Å²) in [7, 11) is 0. The lowest BCUT2D eigenvalue weighted by Crippen LogP contribution is -2.44. The number of aromatic nitrogens is 2. The average Bonchev–Trinajstić information content (AvgIpc) is 3.40. The Bertz CT molecular complexity index is 635. The Morgan fingerprint density at radius 3 is 2.81 bits per heavy atom. The normalized spacial score (nSPS) is 15.8. The lowest BCUT2D eigenvalue weighted by atomic mass is 10.3. The fourth-order valence-electron chi connectivity index (χ4n) is 2.95. The average molecular weight is 374 g/mol. The molecule has 1 fully saturated rings. The number of aryl methyl sites for hydroxylation is 1. The summed E-state index contributed by atoms with van der Waals surface area (Å²) in [6.45, 7) is 7.95. The van der Waals surface area contributed by atoms with Crippen LogP contribution in [0.4, 0.5) is 0 Å². The fraction of sp³-hybridized carbons (Fsp3) is 0.579. The monoisotopic (exact) mass is 374 g/mol. The van der Waals surface area contributed by atoms with Gasteiger partial charge in [0.25, 0.3) is 0 Å². The van der Waals surface area contributed by atoms with Crippen LogP contribution in [-0.4, -0.2) is 73.1 Å². The van der Waals surface area contributed by atoms with Gasteiger partial charge in [-0.2, -0.15) is 5.10 Å². The zero-order chi connectivity index (χ0) is 18.6. The largest absolute Gasteiger partial charge is 0.469 e. The van der Waals surface area contributed by atoms with Crippen molar-refractivity contribution in [2.45, 2.75) is 19.4 Å². The summed E-state index contributed by atoms with van der Waals surface area (Å²) in [5, 5.41) is 11.1. The summed E-state index contributed by atoms with van der Waals surface area (Å²) >= 11 is 0. The highest BCUT2D eigenvalue weighted by Gasteiger charge is 2.09. The van der Waals surface area contributed by atoms with Gasteiger partial charge in [-0.25, -0.2) is 0 Å². The number of ether oxygens (including phenoxy) is 1. The van der Waals surface area contributed by atoms with E-state index in [9.17, 15) is 0 Å². The highest BCUT2D eigenvalue weighted by Crippen LogP contribution is 1.99. The fourth-order valence-corrected chi connectivity index (χ4v) is 2.95. The maximum atomic E-state index is 5.40. The first-order chi connectivity index (χ1) is 13.4. The summed E-state index contributed by atoms with van der Waals surface area (Å²) in [5.41, 5.74) is 0. The van der Waals surface area contributed by atoms with Gasteiger partial charge in [-0.1, -0.05) is 0 Å². The SMILES string of the molecule is c1coc(CCNC(=NCCCn2cccn2)NCCN2CCOCC2)c1. The van der Waals surface area contributed by atoms with Crippen LogP contribution < -0.4 is 10.6 Å². The van der Waals surface area contributed by atoms with Crippen molar-refractivity contribution < 1.29 is 9.15 Å². The first kappa shape index (κ1) is 19.4. The smallest absolute Gasteiger partial charge is 0.191 e. The highest BCUT2D eigenvalue weighted by atomic mass is 16.5. The highest BCUT2D eigenvalue weighted by molar-refractivity contribution is 5.79. The molecule has 1 saturated heterocycles. The molecule has 2 aromatic rings. The predicted molar refractivity (Wildman–Crippen MR) is 105 cm³/mol. The Balaban J connectivity index is 1.40. The van der Waals surface area contributed by atoms with Gasteiger partial charge in [-0.05, 0) is 24.6 Å². The second-order valence-electron chi connectivity index (χ2n) is 6.49. The molecule has 8 nitrogen and oxygen atoms in total. The van der Waals surface area contributed by atoms with Crippen molar-refractivity contribution in [2.75, 3.05) is 52.5 Å². The van der Waals surface area contributed by atoms with E-state index in [-0.39, 0.29) is 0 Å². The van der Waals surface area contributed by atoms with E-state index >= 15 is 0 Å². The van der Waals surface area contributed by atoms with E-state index in [4.69, 9.17) is 14.1 Å². The van der Waals surface area contributed by atoms with E-state index < -0.39 is 0 Å². The molecule has 1 aliphatic rings. The molecule has 0 spiro atoms. The molecule has 0 atom stereocenters. The molecule has 148 valence electrons. The maximum Gasteiger partial charge on any atom is 0.191 e. The van der Waals surface area contributed by atoms with Crippen molar-refractivity contribution >= 4 is 5.96 Å². The Hall–Kier alpha value is -2.32. The zero-order valence-corrected chi connectivity index (χ0v) is 15.8. The van der Waals surface area contributed by atoms with Crippen LogP contribution in [-0.2, 0) is 17.7 Å². The Morgan fingerprint density at radius 1 is 1.15 bits per heavy atom. The minimum Gasteiger partial charge on any atom is -0.469 e. The molecule has 3 heterocycles. The second-order valence-corrected chi connectivity index (χ2v) is 6.49. The molecule has 0 saturated carbocycles. The van der Waals surface area contributed by atoms with Crippen LogP contribution in [0.2, 0.25) is 0 Å². The molecule has 8 heteroatoms. The maximum absolute atomic E-state index is 5.40. The molecule has 1 aliphatic heterocycles. The van der Waals surface area contributed by atoms with Gasteiger partial charge < -0.3 is 19.8 Å². The number of hydrogen-bond acceptors (Lipinski definition) is 5. The molecule has 0 bridgehead atoms. The zero-order valence-electron chi connectivity index (χ0n) is 15.8. The van der Waals surface area contributed by atoms with Crippen molar-refractivity contribution in [1.29, 1.82) is 0 Å². The van der Waals surface area contributed by atoms with Crippen LogP contribution in [0.15, 0.2) is 46.3 Å².